The number of benzene rings is 2. The van der Waals surface area contributed by atoms with Crippen molar-refractivity contribution in [3.8, 4) is 0 Å². The zero-order chi connectivity index (χ0) is 18.1. The minimum atomic E-state index is -0.642. The Hall–Kier alpha value is -2.24. The van der Waals surface area contributed by atoms with Crippen LogP contribution in [0.25, 0.3) is 11.1 Å². The summed E-state index contributed by atoms with van der Waals surface area (Å²) in [4.78, 5) is 6.84. The van der Waals surface area contributed by atoms with Crippen LogP contribution in [0.5, 0.6) is 0 Å². The van der Waals surface area contributed by atoms with E-state index in [1.54, 1.807) is 6.07 Å². The molecule has 26 heavy (non-hydrogen) atoms. The van der Waals surface area contributed by atoms with Crippen LogP contribution in [0.1, 0.15) is 36.0 Å². The third kappa shape index (κ3) is 3.50. The molecule has 4 nitrogen and oxygen atoms in total. The van der Waals surface area contributed by atoms with Gasteiger partial charge in [-0.2, -0.15) is 0 Å². The van der Waals surface area contributed by atoms with E-state index in [0.29, 0.717) is 17.0 Å². The van der Waals surface area contributed by atoms with Crippen LogP contribution in [-0.2, 0) is 4.74 Å². The SMILES string of the molecule is Cc1ccc(C(OC2CCN(C)CC2)c2nc3ccccc3o2)c(F)c1. The summed E-state index contributed by atoms with van der Waals surface area (Å²) in [5.74, 6) is 0.123. The summed E-state index contributed by atoms with van der Waals surface area (Å²) in [5.41, 5.74) is 2.79. The van der Waals surface area contributed by atoms with Gasteiger partial charge in [0.15, 0.2) is 11.7 Å². The largest absolute Gasteiger partial charge is 0.437 e. The first-order chi connectivity index (χ1) is 12.6. The van der Waals surface area contributed by atoms with Gasteiger partial charge in [-0.1, -0.05) is 24.3 Å². The van der Waals surface area contributed by atoms with Crippen LogP contribution in [0.2, 0.25) is 0 Å². The van der Waals surface area contributed by atoms with E-state index in [2.05, 4.69) is 16.9 Å². The Morgan fingerprint density at radius 1 is 1.19 bits per heavy atom. The molecule has 1 aromatic heterocycles. The molecule has 0 aliphatic carbocycles. The number of ether oxygens (including phenoxy) is 1. The summed E-state index contributed by atoms with van der Waals surface area (Å²) in [6.45, 7) is 3.82. The Bertz CT molecular complexity index is 867. The Morgan fingerprint density at radius 3 is 2.69 bits per heavy atom. The van der Waals surface area contributed by atoms with Crippen LogP contribution in [0.15, 0.2) is 46.9 Å². The van der Waals surface area contributed by atoms with Gasteiger partial charge in [0.2, 0.25) is 5.89 Å². The van der Waals surface area contributed by atoms with Crippen LogP contribution in [-0.4, -0.2) is 36.1 Å². The molecule has 0 spiro atoms. The lowest BCUT2D eigenvalue weighted by molar-refractivity contribution is -0.0341. The summed E-state index contributed by atoms with van der Waals surface area (Å²) in [7, 11) is 2.11. The average molecular weight is 354 g/mol. The lowest BCUT2D eigenvalue weighted by Crippen LogP contribution is -2.35. The lowest BCUT2D eigenvalue weighted by Gasteiger charge is -2.31. The molecule has 1 saturated heterocycles. The molecule has 0 N–H and O–H groups in total. The van der Waals surface area contributed by atoms with Gasteiger partial charge < -0.3 is 14.1 Å². The Labute approximate surface area is 152 Å². The van der Waals surface area contributed by atoms with E-state index in [0.717, 1.165) is 37.0 Å². The number of fused-ring (bicyclic) bond motifs is 1. The fraction of sp³-hybridized carbons (Fsp3) is 0.381. The molecule has 136 valence electrons. The van der Waals surface area contributed by atoms with Gasteiger partial charge in [0, 0.05) is 18.7 Å². The van der Waals surface area contributed by atoms with E-state index in [-0.39, 0.29) is 11.9 Å². The molecule has 0 radical (unpaired) electrons. The molecule has 2 aromatic carbocycles. The van der Waals surface area contributed by atoms with E-state index in [9.17, 15) is 4.39 Å². The number of aromatic nitrogens is 1. The first-order valence-corrected chi connectivity index (χ1v) is 9.05. The Kier molecular flexibility index (Phi) is 4.74. The minimum absolute atomic E-state index is 0.0620. The van der Waals surface area contributed by atoms with Gasteiger partial charge in [-0.05, 0) is 50.6 Å². The zero-order valence-electron chi connectivity index (χ0n) is 15.1. The number of halogens is 1. The van der Waals surface area contributed by atoms with Crippen molar-refractivity contribution >= 4 is 11.1 Å². The van der Waals surface area contributed by atoms with Crippen molar-refractivity contribution in [3.05, 3.63) is 65.3 Å². The molecular formula is C21H23FN2O2. The summed E-state index contributed by atoms with van der Waals surface area (Å²) >= 11 is 0. The second-order valence-electron chi connectivity index (χ2n) is 7.06. The third-order valence-electron chi connectivity index (χ3n) is 4.97. The minimum Gasteiger partial charge on any atom is -0.437 e. The number of hydrogen-bond donors (Lipinski definition) is 0. The topological polar surface area (TPSA) is 38.5 Å². The maximum absolute atomic E-state index is 14.7. The van der Waals surface area contributed by atoms with Gasteiger partial charge >= 0.3 is 0 Å². The first-order valence-electron chi connectivity index (χ1n) is 9.05. The standard InChI is InChI=1S/C21H23FN2O2/c1-14-7-8-16(17(22)13-14)20(25-15-9-11-24(2)12-10-15)21-23-18-5-3-4-6-19(18)26-21/h3-8,13,15,20H,9-12H2,1-2H3. The number of oxazole rings is 1. The predicted octanol–water partition coefficient (Wildman–Crippen LogP) is 4.48. The zero-order valence-corrected chi connectivity index (χ0v) is 15.1. The van der Waals surface area contributed by atoms with Crippen molar-refractivity contribution in [1.29, 1.82) is 0 Å². The predicted molar refractivity (Wildman–Crippen MR) is 98.6 cm³/mol. The van der Waals surface area contributed by atoms with Crippen molar-refractivity contribution in [3.63, 3.8) is 0 Å². The molecule has 5 heteroatoms. The Balaban J connectivity index is 1.70. The van der Waals surface area contributed by atoms with Gasteiger partial charge in [-0.3, -0.25) is 0 Å². The summed E-state index contributed by atoms with van der Waals surface area (Å²) in [5, 5.41) is 0. The second kappa shape index (κ2) is 7.17. The first kappa shape index (κ1) is 17.2. The lowest BCUT2D eigenvalue weighted by atomic mass is 10.0. The maximum Gasteiger partial charge on any atom is 0.229 e. The molecule has 1 fully saturated rings. The molecule has 3 aromatic rings. The molecule has 0 bridgehead atoms. The number of rotatable bonds is 4. The number of likely N-dealkylation sites (tertiary alicyclic amines) is 1. The van der Waals surface area contributed by atoms with Crippen LogP contribution in [0, 0.1) is 12.7 Å². The van der Waals surface area contributed by atoms with Crippen molar-refractivity contribution in [2.75, 3.05) is 20.1 Å². The summed E-state index contributed by atoms with van der Waals surface area (Å²) < 4.78 is 27.0. The fourth-order valence-corrected chi connectivity index (χ4v) is 3.42. The van der Waals surface area contributed by atoms with Crippen LogP contribution < -0.4 is 0 Å². The third-order valence-corrected chi connectivity index (χ3v) is 4.97. The fourth-order valence-electron chi connectivity index (χ4n) is 3.42. The molecule has 1 atom stereocenters. The number of hydrogen-bond acceptors (Lipinski definition) is 4. The van der Waals surface area contributed by atoms with Gasteiger partial charge in [0.05, 0.1) is 6.10 Å². The molecule has 2 heterocycles. The van der Waals surface area contributed by atoms with E-state index >= 15 is 0 Å². The van der Waals surface area contributed by atoms with E-state index in [1.807, 2.05) is 37.3 Å². The van der Waals surface area contributed by atoms with E-state index in [1.165, 1.54) is 6.07 Å². The highest BCUT2D eigenvalue weighted by molar-refractivity contribution is 5.72. The normalized spacial score (nSPS) is 17.7. The van der Waals surface area contributed by atoms with Crippen LogP contribution in [0.4, 0.5) is 4.39 Å². The molecule has 0 amide bonds. The molecular weight excluding hydrogens is 331 g/mol. The van der Waals surface area contributed by atoms with Crippen molar-refractivity contribution in [2.24, 2.45) is 0 Å². The second-order valence-corrected chi connectivity index (χ2v) is 7.06. The molecule has 1 aliphatic rings. The van der Waals surface area contributed by atoms with E-state index in [4.69, 9.17) is 9.15 Å². The molecule has 1 unspecified atom stereocenters. The highest BCUT2D eigenvalue weighted by atomic mass is 19.1. The quantitative estimate of drug-likeness (QED) is 0.693. The number of nitrogens with zero attached hydrogens (tertiary/aromatic N) is 2. The van der Waals surface area contributed by atoms with Gasteiger partial charge in [0.25, 0.3) is 0 Å². The maximum atomic E-state index is 14.7. The molecule has 0 saturated carbocycles. The van der Waals surface area contributed by atoms with Crippen molar-refractivity contribution in [2.45, 2.75) is 32.0 Å². The number of piperidine rings is 1. The summed E-state index contributed by atoms with van der Waals surface area (Å²) in [6.07, 6.45) is 1.25. The van der Waals surface area contributed by atoms with Crippen LogP contribution >= 0.6 is 0 Å². The number of para-hydroxylation sites is 2. The highest BCUT2D eigenvalue weighted by Crippen LogP contribution is 2.33. The Morgan fingerprint density at radius 2 is 1.96 bits per heavy atom. The van der Waals surface area contributed by atoms with Gasteiger partial charge in [-0.15, -0.1) is 0 Å². The summed E-state index contributed by atoms with van der Waals surface area (Å²) in [6, 6.07) is 12.8. The monoisotopic (exact) mass is 354 g/mol. The highest BCUT2D eigenvalue weighted by Gasteiger charge is 2.29. The van der Waals surface area contributed by atoms with Crippen LogP contribution in [0.3, 0.4) is 0 Å². The molecule has 1 aliphatic heterocycles. The molecule has 4 rings (SSSR count). The van der Waals surface area contributed by atoms with E-state index < -0.39 is 6.10 Å². The van der Waals surface area contributed by atoms with Crippen molar-refractivity contribution < 1.29 is 13.5 Å². The van der Waals surface area contributed by atoms with Crippen molar-refractivity contribution in [1.82, 2.24) is 9.88 Å². The average Bonchev–Trinajstić information content (AvgIpc) is 3.06. The van der Waals surface area contributed by atoms with Gasteiger partial charge in [-0.25, -0.2) is 9.37 Å². The van der Waals surface area contributed by atoms with Gasteiger partial charge in [0.1, 0.15) is 11.3 Å². The smallest absolute Gasteiger partial charge is 0.229 e. The number of aryl methyl sites for hydroxylation is 1.